The third-order valence-electron chi connectivity index (χ3n) is 6.20. The van der Waals surface area contributed by atoms with Crippen LogP contribution in [-0.2, 0) is 20.7 Å². The Labute approximate surface area is 209 Å². The van der Waals surface area contributed by atoms with Crippen LogP contribution in [0, 0.1) is 0 Å². The summed E-state index contributed by atoms with van der Waals surface area (Å²) in [4.78, 5) is 41.2. The summed E-state index contributed by atoms with van der Waals surface area (Å²) in [5, 5.41) is 15.5. The summed E-state index contributed by atoms with van der Waals surface area (Å²) in [7, 11) is 0. The van der Waals surface area contributed by atoms with Crippen LogP contribution in [0.15, 0.2) is 24.3 Å². The Bertz CT molecular complexity index is 830. The molecule has 0 aromatic heterocycles. The molecule has 0 radical (unpaired) electrons. The minimum Gasteiger partial charge on any atom is -0.444 e. The van der Waals surface area contributed by atoms with E-state index in [-0.39, 0.29) is 11.9 Å². The number of alkyl carbamates (subject to hydrolysis) is 1. The van der Waals surface area contributed by atoms with Gasteiger partial charge in [0, 0.05) is 12.6 Å². The second kappa shape index (κ2) is 13.5. The van der Waals surface area contributed by atoms with Gasteiger partial charge in [0.25, 0.3) is 0 Å². The molecule has 1 aliphatic carbocycles. The Balaban J connectivity index is 2.36. The van der Waals surface area contributed by atoms with E-state index in [4.69, 9.17) is 4.74 Å². The quantitative estimate of drug-likeness (QED) is 0.387. The van der Waals surface area contributed by atoms with Crippen LogP contribution in [0.1, 0.15) is 90.3 Å². The number of unbranched alkanes of at least 4 members (excludes halogenated alkanes) is 2. The zero-order valence-electron chi connectivity index (χ0n) is 21.9. The van der Waals surface area contributed by atoms with Gasteiger partial charge < -0.3 is 25.4 Å². The molecule has 8 nitrogen and oxygen atoms in total. The van der Waals surface area contributed by atoms with E-state index in [2.05, 4.69) is 24.5 Å². The first-order valence-electron chi connectivity index (χ1n) is 12.9. The van der Waals surface area contributed by atoms with Crippen molar-refractivity contribution in [3.05, 3.63) is 35.4 Å². The highest BCUT2D eigenvalue weighted by Crippen LogP contribution is 2.34. The fraction of sp³-hybridized carbons (Fsp3) is 0.667. The van der Waals surface area contributed by atoms with E-state index < -0.39 is 36.3 Å². The molecule has 1 aromatic carbocycles. The van der Waals surface area contributed by atoms with Crippen molar-refractivity contribution in [2.24, 2.45) is 0 Å². The number of amides is 3. The van der Waals surface area contributed by atoms with Crippen LogP contribution >= 0.6 is 0 Å². The van der Waals surface area contributed by atoms with Gasteiger partial charge in [0.1, 0.15) is 17.7 Å². The summed E-state index contributed by atoms with van der Waals surface area (Å²) >= 11 is 0. The van der Waals surface area contributed by atoms with Crippen LogP contribution in [-0.4, -0.2) is 58.8 Å². The lowest BCUT2D eigenvalue weighted by atomic mass is 9.88. The Morgan fingerprint density at radius 2 is 1.77 bits per heavy atom. The number of hydrogen-bond donors (Lipinski definition) is 3. The Hall–Kier alpha value is -2.61. The molecule has 2 unspecified atom stereocenters. The van der Waals surface area contributed by atoms with Crippen LogP contribution in [0.3, 0.4) is 0 Å². The highest BCUT2D eigenvalue weighted by Gasteiger charge is 2.41. The molecule has 2 atom stereocenters. The molecule has 0 spiro atoms. The van der Waals surface area contributed by atoms with Gasteiger partial charge in [-0.3, -0.25) is 9.59 Å². The number of rotatable bonds is 12. The molecule has 196 valence electrons. The normalized spacial score (nSPS) is 15.5. The van der Waals surface area contributed by atoms with E-state index in [1.807, 2.05) is 24.3 Å². The van der Waals surface area contributed by atoms with Crippen molar-refractivity contribution in [1.29, 1.82) is 0 Å². The average molecular weight is 490 g/mol. The smallest absolute Gasteiger partial charge is 0.408 e. The van der Waals surface area contributed by atoms with Crippen molar-refractivity contribution in [3.8, 4) is 0 Å². The van der Waals surface area contributed by atoms with Crippen molar-refractivity contribution in [2.45, 2.75) is 103 Å². The lowest BCUT2D eigenvalue weighted by molar-refractivity contribution is -0.148. The summed E-state index contributed by atoms with van der Waals surface area (Å²) in [5.41, 5.74) is 1.10. The van der Waals surface area contributed by atoms with E-state index in [0.29, 0.717) is 12.1 Å². The van der Waals surface area contributed by atoms with Gasteiger partial charge in [-0.05, 0) is 64.0 Å². The number of carbonyl (C=O) groups excluding carboxylic acids is 3. The monoisotopic (exact) mass is 489 g/mol. The van der Waals surface area contributed by atoms with E-state index in [0.717, 1.165) is 50.5 Å². The Morgan fingerprint density at radius 1 is 1.11 bits per heavy atom. The first-order chi connectivity index (χ1) is 16.6. The molecular weight excluding hydrogens is 446 g/mol. The topological polar surface area (TPSA) is 108 Å². The fourth-order valence-electron chi connectivity index (χ4n) is 4.06. The maximum Gasteiger partial charge on any atom is 0.408 e. The molecule has 0 bridgehead atoms. The highest BCUT2D eigenvalue weighted by atomic mass is 16.6. The van der Waals surface area contributed by atoms with E-state index >= 15 is 0 Å². The molecule has 3 amide bonds. The summed E-state index contributed by atoms with van der Waals surface area (Å²) in [6.45, 7) is 9.27. The average Bonchev–Trinajstić information content (AvgIpc) is 2.77. The molecule has 2 rings (SSSR count). The molecule has 1 aromatic rings. The molecule has 3 N–H and O–H groups in total. The first-order valence-corrected chi connectivity index (χ1v) is 12.9. The van der Waals surface area contributed by atoms with Crippen molar-refractivity contribution >= 4 is 17.9 Å². The van der Waals surface area contributed by atoms with E-state index in [1.54, 1.807) is 25.7 Å². The van der Waals surface area contributed by atoms with Gasteiger partial charge in [0.2, 0.25) is 11.8 Å². The molecule has 0 saturated heterocycles. The largest absolute Gasteiger partial charge is 0.444 e. The van der Waals surface area contributed by atoms with Gasteiger partial charge in [-0.2, -0.15) is 0 Å². The van der Waals surface area contributed by atoms with E-state index in [9.17, 15) is 19.5 Å². The SMILES string of the molecule is CCCCCNC(=O)C(c1ccc(CC)cc1)N(C(=O)C(CO)NC(=O)OC(C)(C)C)C1CCC1. The van der Waals surface area contributed by atoms with Gasteiger partial charge in [-0.15, -0.1) is 0 Å². The van der Waals surface area contributed by atoms with Gasteiger partial charge in [-0.25, -0.2) is 4.79 Å². The summed E-state index contributed by atoms with van der Waals surface area (Å²) in [5.74, 6) is -0.740. The van der Waals surface area contributed by atoms with Gasteiger partial charge >= 0.3 is 6.09 Å². The second-order valence-corrected chi connectivity index (χ2v) is 10.2. The highest BCUT2D eigenvalue weighted by molar-refractivity contribution is 5.92. The molecule has 8 heteroatoms. The number of aryl methyl sites for hydroxylation is 1. The summed E-state index contributed by atoms with van der Waals surface area (Å²) in [6, 6.07) is 5.52. The number of nitrogens with one attached hydrogen (secondary N) is 2. The number of nitrogens with zero attached hydrogens (tertiary/aromatic N) is 1. The van der Waals surface area contributed by atoms with Gasteiger partial charge in [0.05, 0.1) is 6.61 Å². The van der Waals surface area contributed by atoms with Crippen molar-refractivity contribution in [1.82, 2.24) is 15.5 Å². The van der Waals surface area contributed by atoms with Crippen LogP contribution in [0.5, 0.6) is 0 Å². The van der Waals surface area contributed by atoms with Crippen LogP contribution in [0.2, 0.25) is 0 Å². The Kier molecular flexibility index (Phi) is 11.0. The second-order valence-electron chi connectivity index (χ2n) is 10.2. The fourth-order valence-corrected chi connectivity index (χ4v) is 4.06. The zero-order valence-corrected chi connectivity index (χ0v) is 21.9. The van der Waals surface area contributed by atoms with Gasteiger partial charge in [-0.1, -0.05) is 51.0 Å². The van der Waals surface area contributed by atoms with E-state index in [1.165, 1.54) is 0 Å². The molecule has 1 fully saturated rings. The third kappa shape index (κ3) is 8.53. The Morgan fingerprint density at radius 3 is 2.26 bits per heavy atom. The summed E-state index contributed by atoms with van der Waals surface area (Å²) < 4.78 is 5.28. The van der Waals surface area contributed by atoms with Crippen molar-refractivity contribution < 1.29 is 24.2 Å². The lowest BCUT2D eigenvalue weighted by Crippen LogP contribution is -2.58. The predicted octanol–water partition coefficient (Wildman–Crippen LogP) is 3.86. The minimum absolute atomic E-state index is 0.144. The molecule has 0 aliphatic heterocycles. The van der Waals surface area contributed by atoms with Crippen LogP contribution in [0.4, 0.5) is 4.79 Å². The molecular formula is C27H43N3O5. The number of carbonyl (C=O) groups is 3. The molecule has 1 saturated carbocycles. The first kappa shape index (κ1) is 28.6. The number of hydrogen-bond acceptors (Lipinski definition) is 5. The number of aliphatic hydroxyl groups excluding tert-OH is 1. The molecule has 0 heterocycles. The van der Waals surface area contributed by atoms with Crippen LogP contribution < -0.4 is 10.6 Å². The lowest BCUT2D eigenvalue weighted by Gasteiger charge is -2.43. The molecule has 35 heavy (non-hydrogen) atoms. The summed E-state index contributed by atoms with van der Waals surface area (Å²) in [6.07, 6.45) is 5.48. The maximum absolute atomic E-state index is 13.7. The predicted molar refractivity (Wildman–Crippen MR) is 136 cm³/mol. The standard InChI is InChI=1S/C27H43N3O5/c1-6-8-9-17-28-24(32)23(20-15-13-19(7-2)14-16-20)30(21-11-10-12-21)25(33)22(18-31)29-26(34)35-27(3,4)5/h13-16,21-23,31H,6-12,17-18H2,1-5H3,(H,28,32)(H,29,34). The number of ether oxygens (including phenoxy) is 1. The number of aliphatic hydroxyl groups is 1. The van der Waals surface area contributed by atoms with Crippen molar-refractivity contribution in [3.63, 3.8) is 0 Å². The zero-order chi connectivity index (χ0) is 26.0. The third-order valence-corrected chi connectivity index (χ3v) is 6.20. The van der Waals surface area contributed by atoms with Crippen molar-refractivity contribution in [2.75, 3.05) is 13.2 Å². The maximum atomic E-state index is 13.7. The van der Waals surface area contributed by atoms with Gasteiger partial charge in [0.15, 0.2) is 0 Å². The number of benzene rings is 1. The van der Waals surface area contributed by atoms with Crippen LogP contribution in [0.25, 0.3) is 0 Å². The minimum atomic E-state index is -1.21. The molecule has 1 aliphatic rings.